The Morgan fingerprint density at radius 3 is 2.74 bits per heavy atom. The van der Waals surface area contributed by atoms with Gasteiger partial charge in [0.05, 0.1) is 11.0 Å². The molecule has 3 nitrogen and oxygen atoms in total. The number of hydrogen-bond acceptors (Lipinski definition) is 2. The minimum Gasteiger partial charge on any atom is -0.268 e. The topological polar surface area (TPSA) is 34.9 Å². The molecule has 1 heterocycles. The molecular weight excluding hydrogens is 260 g/mol. The first-order valence-electron chi connectivity index (χ1n) is 5.91. The molecule has 0 unspecified atom stereocenters. The molecule has 0 aliphatic carbocycles. The van der Waals surface area contributed by atoms with E-state index in [1.54, 1.807) is 28.8 Å². The molecule has 3 aromatic rings. The number of nitrogens with zero attached hydrogens (tertiary/aromatic N) is 2. The molecule has 0 radical (unpaired) electrons. The van der Waals surface area contributed by atoms with Crippen LogP contribution in [0.15, 0.2) is 48.5 Å². The van der Waals surface area contributed by atoms with E-state index >= 15 is 0 Å². The Morgan fingerprint density at radius 2 is 1.95 bits per heavy atom. The summed E-state index contributed by atoms with van der Waals surface area (Å²) >= 11 is 5.93. The van der Waals surface area contributed by atoms with Gasteiger partial charge in [-0.2, -0.15) is 0 Å². The minimum absolute atomic E-state index is 0.117. The van der Waals surface area contributed by atoms with Crippen molar-refractivity contribution in [2.45, 2.75) is 6.92 Å². The third-order valence-electron chi connectivity index (χ3n) is 3.00. The fraction of sp³-hybridized carbons (Fsp3) is 0.0667. The summed E-state index contributed by atoms with van der Waals surface area (Å²) < 4.78 is 1.61. The Kier molecular flexibility index (Phi) is 2.84. The molecule has 0 saturated heterocycles. The minimum atomic E-state index is -0.117. The molecule has 0 fully saturated rings. The fourth-order valence-electron chi connectivity index (χ4n) is 2.15. The van der Waals surface area contributed by atoms with Crippen molar-refractivity contribution in [1.29, 1.82) is 0 Å². The molecule has 0 spiro atoms. The lowest BCUT2D eigenvalue weighted by atomic mass is 10.2. The first-order valence-corrected chi connectivity index (χ1v) is 6.29. The maximum atomic E-state index is 12.6. The Hall–Kier alpha value is -2.13. The average Bonchev–Trinajstić information content (AvgIpc) is 2.74. The second-order valence-electron chi connectivity index (χ2n) is 4.30. The van der Waals surface area contributed by atoms with E-state index in [4.69, 9.17) is 11.6 Å². The normalized spacial score (nSPS) is 10.8. The van der Waals surface area contributed by atoms with Crippen LogP contribution in [0.4, 0.5) is 0 Å². The number of imidazole rings is 1. The van der Waals surface area contributed by atoms with Crippen LogP contribution in [-0.2, 0) is 0 Å². The maximum absolute atomic E-state index is 12.6. The van der Waals surface area contributed by atoms with Crippen molar-refractivity contribution in [3.05, 3.63) is 64.9 Å². The van der Waals surface area contributed by atoms with Gasteiger partial charge in [-0.05, 0) is 37.3 Å². The molecule has 0 aliphatic rings. The number of halogens is 1. The molecule has 0 aliphatic heterocycles. The molecule has 0 saturated carbocycles. The van der Waals surface area contributed by atoms with Crippen molar-refractivity contribution in [1.82, 2.24) is 9.55 Å². The maximum Gasteiger partial charge on any atom is 0.263 e. The van der Waals surface area contributed by atoms with Crippen LogP contribution in [0.5, 0.6) is 0 Å². The number of aryl methyl sites for hydroxylation is 1. The molecule has 19 heavy (non-hydrogen) atoms. The van der Waals surface area contributed by atoms with Crippen molar-refractivity contribution >= 4 is 28.5 Å². The third-order valence-corrected chi connectivity index (χ3v) is 3.24. The summed E-state index contributed by atoms with van der Waals surface area (Å²) in [5.41, 5.74) is 2.18. The number of para-hydroxylation sites is 2. The van der Waals surface area contributed by atoms with Crippen molar-refractivity contribution < 1.29 is 4.79 Å². The summed E-state index contributed by atoms with van der Waals surface area (Å²) in [6, 6.07) is 14.5. The number of carbonyl (C=O) groups is 1. The van der Waals surface area contributed by atoms with Crippen LogP contribution in [0.2, 0.25) is 5.02 Å². The number of benzene rings is 2. The van der Waals surface area contributed by atoms with Crippen LogP contribution in [0.1, 0.15) is 16.2 Å². The van der Waals surface area contributed by atoms with Gasteiger partial charge in [-0.3, -0.25) is 9.36 Å². The first-order chi connectivity index (χ1) is 9.16. The van der Waals surface area contributed by atoms with Crippen LogP contribution >= 0.6 is 11.6 Å². The Morgan fingerprint density at radius 1 is 1.16 bits per heavy atom. The molecule has 0 bridgehead atoms. The molecule has 3 rings (SSSR count). The van der Waals surface area contributed by atoms with Gasteiger partial charge in [0.2, 0.25) is 0 Å². The van der Waals surface area contributed by atoms with E-state index in [0.29, 0.717) is 16.4 Å². The van der Waals surface area contributed by atoms with Gasteiger partial charge < -0.3 is 0 Å². The van der Waals surface area contributed by atoms with E-state index in [-0.39, 0.29) is 5.91 Å². The van der Waals surface area contributed by atoms with E-state index in [2.05, 4.69) is 4.98 Å². The molecule has 4 heteroatoms. The molecule has 1 aromatic heterocycles. The van der Waals surface area contributed by atoms with Gasteiger partial charge in [0.25, 0.3) is 5.91 Å². The Bertz CT molecular complexity index is 777. The molecular formula is C15H11ClN2O. The predicted octanol–water partition coefficient (Wildman–Crippen LogP) is 3.69. The first kappa shape index (κ1) is 11.9. The second kappa shape index (κ2) is 4.52. The number of carbonyl (C=O) groups excluding carboxylic acids is 1. The lowest BCUT2D eigenvalue weighted by Gasteiger charge is -2.05. The van der Waals surface area contributed by atoms with E-state index in [1.807, 2.05) is 31.2 Å². The zero-order valence-electron chi connectivity index (χ0n) is 10.3. The Labute approximate surface area is 115 Å². The van der Waals surface area contributed by atoms with Crippen LogP contribution in [0.3, 0.4) is 0 Å². The summed E-state index contributed by atoms with van der Waals surface area (Å²) in [7, 11) is 0. The zero-order valence-corrected chi connectivity index (χ0v) is 11.1. The van der Waals surface area contributed by atoms with E-state index < -0.39 is 0 Å². The highest BCUT2D eigenvalue weighted by atomic mass is 35.5. The monoisotopic (exact) mass is 270 g/mol. The molecule has 0 amide bonds. The van der Waals surface area contributed by atoms with Crippen LogP contribution in [0.25, 0.3) is 11.0 Å². The molecule has 0 atom stereocenters. The van der Waals surface area contributed by atoms with Gasteiger partial charge in [0, 0.05) is 10.6 Å². The lowest BCUT2D eigenvalue weighted by Crippen LogP contribution is -2.13. The fourth-order valence-corrected chi connectivity index (χ4v) is 2.34. The summed E-state index contributed by atoms with van der Waals surface area (Å²) in [6.45, 7) is 1.82. The van der Waals surface area contributed by atoms with Gasteiger partial charge in [-0.1, -0.05) is 29.8 Å². The van der Waals surface area contributed by atoms with Gasteiger partial charge in [0.15, 0.2) is 0 Å². The van der Waals surface area contributed by atoms with Crippen molar-refractivity contribution in [3.8, 4) is 0 Å². The standard InChI is InChI=1S/C15H11ClN2O/c1-10-17-13-7-2-3-8-14(13)18(10)15(19)11-5-4-6-12(16)9-11/h2-9H,1H3. The van der Waals surface area contributed by atoms with Crippen molar-refractivity contribution in [2.24, 2.45) is 0 Å². The van der Waals surface area contributed by atoms with Crippen molar-refractivity contribution in [2.75, 3.05) is 0 Å². The summed E-state index contributed by atoms with van der Waals surface area (Å²) in [4.78, 5) is 17.0. The molecule has 0 N–H and O–H groups in total. The van der Waals surface area contributed by atoms with Gasteiger partial charge in [0.1, 0.15) is 5.82 Å². The third kappa shape index (κ3) is 2.02. The van der Waals surface area contributed by atoms with Gasteiger partial charge in [-0.15, -0.1) is 0 Å². The highest BCUT2D eigenvalue weighted by Gasteiger charge is 2.15. The SMILES string of the molecule is Cc1nc2ccccc2n1C(=O)c1cccc(Cl)c1. The van der Waals surface area contributed by atoms with Gasteiger partial charge >= 0.3 is 0 Å². The number of hydrogen-bond donors (Lipinski definition) is 0. The molecule has 94 valence electrons. The quantitative estimate of drug-likeness (QED) is 0.676. The zero-order chi connectivity index (χ0) is 13.4. The number of fused-ring (bicyclic) bond motifs is 1. The number of aromatic nitrogens is 2. The highest BCUT2D eigenvalue weighted by Crippen LogP contribution is 2.19. The smallest absolute Gasteiger partial charge is 0.263 e. The van der Waals surface area contributed by atoms with E-state index in [9.17, 15) is 4.79 Å². The average molecular weight is 271 g/mol. The van der Waals surface area contributed by atoms with E-state index in [1.165, 1.54) is 0 Å². The van der Waals surface area contributed by atoms with Crippen LogP contribution < -0.4 is 0 Å². The summed E-state index contributed by atoms with van der Waals surface area (Å²) in [6.07, 6.45) is 0. The summed E-state index contributed by atoms with van der Waals surface area (Å²) in [5, 5.41) is 0.549. The summed E-state index contributed by atoms with van der Waals surface area (Å²) in [5.74, 6) is 0.555. The Balaban J connectivity index is 2.19. The van der Waals surface area contributed by atoms with Crippen LogP contribution in [0, 0.1) is 6.92 Å². The van der Waals surface area contributed by atoms with Crippen LogP contribution in [-0.4, -0.2) is 15.5 Å². The highest BCUT2D eigenvalue weighted by molar-refractivity contribution is 6.31. The largest absolute Gasteiger partial charge is 0.268 e. The van der Waals surface area contributed by atoms with Crippen molar-refractivity contribution in [3.63, 3.8) is 0 Å². The van der Waals surface area contributed by atoms with E-state index in [0.717, 1.165) is 11.0 Å². The lowest BCUT2D eigenvalue weighted by molar-refractivity contribution is 0.0962. The number of rotatable bonds is 1. The molecule has 2 aromatic carbocycles. The van der Waals surface area contributed by atoms with Gasteiger partial charge in [-0.25, -0.2) is 4.98 Å². The second-order valence-corrected chi connectivity index (χ2v) is 4.74. The predicted molar refractivity (Wildman–Crippen MR) is 75.7 cm³/mol.